The fraction of sp³-hybridized carbons (Fsp3) is 0.409. The molecule has 0 bridgehead atoms. The Hall–Kier alpha value is -2.05. The van der Waals surface area contributed by atoms with Gasteiger partial charge in [-0.1, -0.05) is 42.6 Å². The Kier molecular flexibility index (Phi) is 6.85. The zero-order chi connectivity index (χ0) is 20.9. The van der Waals surface area contributed by atoms with Gasteiger partial charge in [0.1, 0.15) is 0 Å². The summed E-state index contributed by atoms with van der Waals surface area (Å²) in [7, 11) is -1.79. The van der Waals surface area contributed by atoms with Gasteiger partial charge in [-0.25, -0.2) is 8.42 Å². The third-order valence-corrected chi connectivity index (χ3v) is 8.38. The summed E-state index contributed by atoms with van der Waals surface area (Å²) in [5.74, 6) is -0.382. The molecule has 1 fully saturated rings. The monoisotopic (exact) mass is 434 g/mol. The van der Waals surface area contributed by atoms with Crippen molar-refractivity contribution in [1.82, 2.24) is 5.32 Å². The van der Waals surface area contributed by atoms with Crippen molar-refractivity contribution in [3.05, 3.63) is 59.6 Å². The minimum absolute atomic E-state index is 0.155. The molecule has 1 saturated carbocycles. The van der Waals surface area contributed by atoms with Gasteiger partial charge in [-0.05, 0) is 55.7 Å². The maximum atomic E-state index is 13.3. The summed E-state index contributed by atoms with van der Waals surface area (Å²) < 4.78 is 25.3. The number of anilines is 1. The summed E-state index contributed by atoms with van der Waals surface area (Å²) >= 11 is 5.89. The van der Waals surface area contributed by atoms with Crippen LogP contribution in [0.4, 0.5) is 5.69 Å². The Morgan fingerprint density at radius 2 is 1.69 bits per heavy atom. The third kappa shape index (κ3) is 4.59. The number of sulfone groups is 1. The highest BCUT2D eigenvalue weighted by Crippen LogP contribution is 2.41. The van der Waals surface area contributed by atoms with Gasteiger partial charge in [0.2, 0.25) is 5.91 Å². The van der Waals surface area contributed by atoms with Crippen molar-refractivity contribution in [2.75, 3.05) is 25.0 Å². The van der Waals surface area contributed by atoms with Gasteiger partial charge in [0.15, 0.2) is 14.6 Å². The minimum Gasteiger partial charge on any atom is -0.375 e. The van der Waals surface area contributed by atoms with Crippen LogP contribution in [0.3, 0.4) is 0 Å². The number of hydrogen-bond acceptors (Lipinski definition) is 4. The number of nitrogens with one attached hydrogen (secondary N) is 1. The first-order chi connectivity index (χ1) is 13.9. The fourth-order valence-corrected chi connectivity index (χ4v) is 6.11. The van der Waals surface area contributed by atoms with Crippen molar-refractivity contribution in [3.63, 3.8) is 0 Å². The van der Waals surface area contributed by atoms with Crippen LogP contribution in [-0.2, 0) is 14.6 Å². The third-order valence-electron chi connectivity index (χ3n) is 5.62. The van der Waals surface area contributed by atoms with Crippen LogP contribution in [0.1, 0.15) is 32.1 Å². The molecule has 2 aromatic rings. The molecule has 0 unspecified atom stereocenters. The number of hydrogen-bond donors (Lipinski definition) is 1. The fourth-order valence-electron chi connectivity index (χ4n) is 3.89. The van der Waals surface area contributed by atoms with E-state index in [0.717, 1.165) is 31.5 Å². The first kappa shape index (κ1) is 21.7. The lowest BCUT2D eigenvalue weighted by atomic mass is 10.1. The van der Waals surface area contributed by atoms with Crippen molar-refractivity contribution >= 4 is 33.0 Å². The van der Waals surface area contributed by atoms with E-state index < -0.39 is 14.6 Å². The second kappa shape index (κ2) is 9.18. The van der Waals surface area contributed by atoms with Gasteiger partial charge in [-0.15, -0.1) is 0 Å². The number of carbonyl (C=O) groups is 1. The molecule has 7 heteroatoms. The van der Waals surface area contributed by atoms with Crippen LogP contribution in [-0.4, -0.2) is 39.2 Å². The number of benzene rings is 2. The molecule has 0 heterocycles. The first-order valence-electron chi connectivity index (χ1n) is 9.91. The first-order valence-corrected chi connectivity index (χ1v) is 11.8. The highest BCUT2D eigenvalue weighted by molar-refractivity contribution is 7.93. The van der Waals surface area contributed by atoms with Crippen molar-refractivity contribution < 1.29 is 13.2 Å². The molecule has 29 heavy (non-hydrogen) atoms. The Bertz CT molecular complexity index is 924. The van der Waals surface area contributed by atoms with Gasteiger partial charge in [-0.3, -0.25) is 4.79 Å². The van der Waals surface area contributed by atoms with Crippen molar-refractivity contribution in [2.45, 2.75) is 41.7 Å². The molecule has 0 spiro atoms. The smallest absolute Gasteiger partial charge is 0.241 e. The van der Waals surface area contributed by atoms with Crippen LogP contribution < -0.4 is 10.2 Å². The molecule has 0 atom stereocenters. The summed E-state index contributed by atoms with van der Waals surface area (Å²) in [4.78, 5) is 15.3. The number of para-hydroxylation sites is 1. The van der Waals surface area contributed by atoms with E-state index in [0.29, 0.717) is 24.4 Å². The van der Waals surface area contributed by atoms with E-state index >= 15 is 0 Å². The van der Waals surface area contributed by atoms with E-state index in [-0.39, 0.29) is 10.8 Å². The van der Waals surface area contributed by atoms with Gasteiger partial charge in [0, 0.05) is 30.8 Å². The molecule has 156 valence electrons. The molecular formula is C22H27ClN2O3S. The number of amides is 1. The van der Waals surface area contributed by atoms with E-state index in [1.807, 2.05) is 37.4 Å². The quantitative estimate of drug-likeness (QED) is 0.636. The zero-order valence-electron chi connectivity index (χ0n) is 16.6. The van der Waals surface area contributed by atoms with Crippen LogP contribution in [0.25, 0.3) is 0 Å². The van der Waals surface area contributed by atoms with Crippen LogP contribution in [0.2, 0.25) is 5.02 Å². The maximum Gasteiger partial charge on any atom is 0.241 e. The van der Waals surface area contributed by atoms with Gasteiger partial charge >= 0.3 is 0 Å². The van der Waals surface area contributed by atoms with Crippen LogP contribution >= 0.6 is 11.6 Å². The summed E-state index contributed by atoms with van der Waals surface area (Å²) in [5, 5.41) is 3.36. The Labute approximate surface area is 178 Å². The minimum atomic E-state index is -3.79. The summed E-state index contributed by atoms with van der Waals surface area (Å²) in [6.07, 6.45) is 2.91. The second-order valence-corrected chi connectivity index (χ2v) is 10.2. The molecule has 1 aliphatic rings. The topological polar surface area (TPSA) is 66.5 Å². The lowest BCUT2D eigenvalue weighted by Gasteiger charge is -2.28. The van der Waals surface area contributed by atoms with Crippen LogP contribution in [0.15, 0.2) is 59.5 Å². The average Bonchev–Trinajstić information content (AvgIpc) is 3.24. The van der Waals surface area contributed by atoms with Gasteiger partial charge < -0.3 is 10.2 Å². The lowest BCUT2D eigenvalue weighted by molar-refractivity contribution is -0.123. The second-order valence-electron chi connectivity index (χ2n) is 7.53. The molecule has 3 rings (SSSR count). The van der Waals surface area contributed by atoms with E-state index in [1.165, 1.54) is 12.1 Å². The summed E-state index contributed by atoms with van der Waals surface area (Å²) in [5.41, 5.74) is 1.11. The van der Waals surface area contributed by atoms with E-state index in [2.05, 4.69) is 10.2 Å². The van der Waals surface area contributed by atoms with Crippen molar-refractivity contribution in [3.8, 4) is 0 Å². The predicted molar refractivity (Wildman–Crippen MR) is 117 cm³/mol. The van der Waals surface area contributed by atoms with E-state index in [1.54, 1.807) is 12.1 Å². The van der Waals surface area contributed by atoms with Crippen LogP contribution in [0, 0.1) is 0 Å². The Morgan fingerprint density at radius 1 is 1.07 bits per heavy atom. The predicted octanol–water partition coefficient (Wildman–Crippen LogP) is 4.07. The maximum absolute atomic E-state index is 13.3. The molecule has 1 aliphatic carbocycles. The highest BCUT2D eigenvalue weighted by atomic mass is 35.5. The number of rotatable bonds is 8. The number of carbonyl (C=O) groups excluding carboxylic acids is 1. The molecule has 1 amide bonds. The number of nitrogens with zero attached hydrogens (tertiary/aromatic N) is 1. The summed E-state index contributed by atoms with van der Waals surface area (Å²) in [6, 6.07) is 16.1. The molecule has 1 N–H and O–H groups in total. The van der Waals surface area contributed by atoms with Gasteiger partial charge in [0.25, 0.3) is 0 Å². The van der Waals surface area contributed by atoms with Crippen molar-refractivity contribution in [1.29, 1.82) is 0 Å². The van der Waals surface area contributed by atoms with Gasteiger partial charge in [0.05, 0.1) is 4.90 Å². The Morgan fingerprint density at radius 3 is 2.31 bits per heavy atom. The molecule has 0 radical (unpaired) electrons. The normalized spacial score (nSPS) is 15.8. The number of halogens is 1. The zero-order valence-corrected chi connectivity index (χ0v) is 18.2. The molecule has 5 nitrogen and oxygen atoms in total. The standard InChI is InChI=1S/C22H27ClN2O3S/c1-25(19-8-3-2-4-9-19)17-7-16-24-21(26)22(14-5-6-15-22)29(27,28)20-12-10-18(23)11-13-20/h2-4,8-13H,5-7,14-17H2,1H3,(H,24,26). The summed E-state index contributed by atoms with van der Waals surface area (Å²) in [6.45, 7) is 1.20. The largest absolute Gasteiger partial charge is 0.375 e. The van der Waals surface area contributed by atoms with E-state index in [4.69, 9.17) is 11.6 Å². The SMILES string of the molecule is CN(CCCNC(=O)C1(S(=O)(=O)c2ccc(Cl)cc2)CCCC1)c1ccccc1. The lowest BCUT2D eigenvalue weighted by Crippen LogP contribution is -2.51. The van der Waals surface area contributed by atoms with Crippen LogP contribution in [0.5, 0.6) is 0 Å². The van der Waals surface area contributed by atoms with Gasteiger partial charge in [-0.2, -0.15) is 0 Å². The van der Waals surface area contributed by atoms with Crippen molar-refractivity contribution in [2.24, 2.45) is 0 Å². The average molecular weight is 435 g/mol. The van der Waals surface area contributed by atoms with E-state index in [9.17, 15) is 13.2 Å². The molecular weight excluding hydrogens is 408 g/mol. The molecule has 0 aliphatic heterocycles. The molecule has 0 aromatic heterocycles. The Balaban J connectivity index is 1.64. The highest BCUT2D eigenvalue weighted by Gasteiger charge is 2.52. The molecule has 2 aromatic carbocycles. The molecule has 0 saturated heterocycles.